The third kappa shape index (κ3) is 3.77. The molecule has 142 valence electrons. The molecule has 7 nitrogen and oxygen atoms in total. The van der Waals surface area contributed by atoms with Gasteiger partial charge in [-0.25, -0.2) is 4.68 Å². The number of aromatic nitrogens is 4. The first-order chi connectivity index (χ1) is 13.0. The number of ether oxygens (including phenoxy) is 2. The predicted octanol–water partition coefficient (Wildman–Crippen LogP) is 3.51. The average Bonchev–Trinajstić information content (AvgIpc) is 3.06. The number of morpholine rings is 1. The summed E-state index contributed by atoms with van der Waals surface area (Å²) in [5, 5.41) is 5.52. The predicted molar refractivity (Wildman–Crippen MR) is 108 cm³/mol. The number of anilines is 1. The molecule has 27 heavy (non-hydrogen) atoms. The number of hydrogen-bond donors (Lipinski definition) is 0. The largest absolute Gasteiger partial charge is 0.474 e. The summed E-state index contributed by atoms with van der Waals surface area (Å²) in [6.07, 6.45) is 1.95. The Morgan fingerprint density at radius 1 is 1.19 bits per heavy atom. The first-order valence-electron chi connectivity index (χ1n) is 9.04. The number of rotatable bonds is 4. The van der Waals surface area contributed by atoms with Crippen LogP contribution in [0.4, 0.5) is 5.95 Å². The van der Waals surface area contributed by atoms with Gasteiger partial charge in [0.2, 0.25) is 11.8 Å². The number of nitrogens with zero attached hydrogens (tertiary/aromatic N) is 5. The fourth-order valence-electron chi connectivity index (χ4n) is 3.09. The second-order valence-corrected chi connectivity index (χ2v) is 7.75. The van der Waals surface area contributed by atoms with Crippen molar-refractivity contribution in [2.75, 3.05) is 31.2 Å². The molecule has 0 N–H and O–H groups in total. The van der Waals surface area contributed by atoms with Crippen molar-refractivity contribution in [2.24, 2.45) is 0 Å². The van der Waals surface area contributed by atoms with Gasteiger partial charge in [-0.15, -0.1) is 5.10 Å². The van der Waals surface area contributed by atoms with Crippen LogP contribution in [0.3, 0.4) is 0 Å². The van der Waals surface area contributed by atoms with E-state index in [2.05, 4.69) is 38.8 Å². The van der Waals surface area contributed by atoms with Gasteiger partial charge in [0.25, 0.3) is 0 Å². The zero-order chi connectivity index (χ0) is 19.0. The molecule has 0 saturated carbocycles. The molecular weight excluding hydrogens is 410 g/mol. The van der Waals surface area contributed by atoms with Gasteiger partial charge in [-0.2, -0.15) is 9.97 Å². The van der Waals surface area contributed by atoms with E-state index in [1.54, 1.807) is 0 Å². The van der Waals surface area contributed by atoms with Crippen molar-refractivity contribution in [3.63, 3.8) is 0 Å². The van der Waals surface area contributed by atoms with Crippen LogP contribution >= 0.6 is 15.9 Å². The van der Waals surface area contributed by atoms with Crippen molar-refractivity contribution in [2.45, 2.75) is 26.9 Å². The van der Waals surface area contributed by atoms with Gasteiger partial charge in [0.15, 0.2) is 5.65 Å². The summed E-state index contributed by atoms with van der Waals surface area (Å²) < 4.78 is 14.3. The molecule has 8 heteroatoms. The van der Waals surface area contributed by atoms with Gasteiger partial charge in [0.1, 0.15) is 5.39 Å². The summed E-state index contributed by atoms with van der Waals surface area (Å²) in [7, 11) is 0. The Kier molecular flexibility index (Phi) is 5.01. The maximum Gasteiger partial charge on any atom is 0.230 e. The summed E-state index contributed by atoms with van der Waals surface area (Å²) >= 11 is 3.51. The highest BCUT2D eigenvalue weighted by atomic mass is 79.9. The van der Waals surface area contributed by atoms with Crippen LogP contribution in [0.5, 0.6) is 5.88 Å². The Balaban J connectivity index is 1.82. The molecule has 0 bridgehead atoms. The van der Waals surface area contributed by atoms with E-state index < -0.39 is 0 Å². The Morgan fingerprint density at radius 2 is 1.96 bits per heavy atom. The first-order valence-corrected chi connectivity index (χ1v) is 9.84. The summed E-state index contributed by atoms with van der Waals surface area (Å²) in [5.74, 6) is 1.21. The van der Waals surface area contributed by atoms with Gasteiger partial charge in [-0.05, 0) is 44.5 Å². The lowest BCUT2D eigenvalue weighted by Gasteiger charge is -2.27. The lowest BCUT2D eigenvalue weighted by molar-refractivity contribution is 0.122. The van der Waals surface area contributed by atoms with Crippen LogP contribution in [0.15, 0.2) is 28.9 Å². The Labute approximate surface area is 166 Å². The van der Waals surface area contributed by atoms with Crippen molar-refractivity contribution in [3.05, 3.63) is 34.4 Å². The number of halogens is 1. The molecule has 1 saturated heterocycles. The monoisotopic (exact) mass is 431 g/mol. The Hall–Kier alpha value is -2.19. The lowest BCUT2D eigenvalue weighted by Crippen LogP contribution is -2.37. The molecule has 1 fully saturated rings. The van der Waals surface area contributed by atoms with E-state index in [4.69, 9.17) is 19.6 Å². The zero-order valence-electron chi connectivity index (χ0n) is 15.6. The molecule has 0 spiro atoms. The van der Waals surface area contributed by atoms with Gasteiger partial charge in [0, 0.05) is 23.8 Å². The van der Waals surface area contributed by atoms with Crippen molar-refractivity contribution in [1.29, 1.82) is 0 Å². The second-order valence-electron chi connectivity index (χ2n) is 6.84. The van der Waals surface area contributed by atoms with E-state index in [1.165, 1.54) is 0 Å². The molecule has 1 aliphatic heterocycles. The molecule has 0 unspecified atom stereocenters. The first kappa shape index (κ1) is 18.2. The van der Waals surface area contributed by atoms with Crippen LogP contribution in [0.1, 0.15) is 19.4 Å². The van der Waals surface area contributed by atoms with Crippen molar-refractivity contribution >= 4 is 32.9 Å². The number of aryl methyl sites for hydroxylation is 1. The quantitative estimate of drug-likeness (QED) is 0.629. The third-order valence-corrected chi connectivity index (χ3v) is 4.87. The van der Waals surface area contributed by atoms with Gasteiger partial charge < -0.3 is 14.4 Å². The van der Waals surface area contributed by atoms with E-state index in [0.717, 1.165) is 34.2 Å². The highest BCUT2D eigenvalue weighted by Crippen LogP contribution is 2.28. The van der Waals surface area contributed by atoms with E-state index >= 15 is 0 Å². The molecule has 3 heterocycles. The Bertz CT molecular complexity index is 966. The van der Waals surface area contributed by atoms with E-state index in [9.17, 15) is 0 Å². The number of hydrogen-bond acceptors (Lipinski definition) is 6. The lowest BCUT2D eigenvalue weighted by atomic mass is 10.2. The fourth-order valence-corrected chi connectivity index (χ4v) is 3.56. The molecule has 0 aliphatic carbocycles. The molecule has 1 aliphatic rings. The summed E-state index contributed by atoms with van der Waals surface area (Å²) in [6.45, 7) is 8.92. The normalized spacial score (nSPS) is 14.9. The van der Waals surface area contributed by atoms with E-state index in [0.29, 0.717) is 30.7 Å². The fraction of sp³-hybridized carbons (Fsp3) is 0.421. The number of benzene rings is 1. The number of fused-ring (bicyclic) bond motifs is 1. The molecule has 0 amide bonds. The van der Waals surface area contributed by atoms with E-state index in [1.807, 2.05) is 36.9 Å². The third-order valence-electron chi connectivity index (χ3n) is 4.38. The maximum atomic E-state index is 5.99. The molecule has 0 atom stereocenters. The van der Waals surface area contributed by atoms with Crippen LogP contribution < -0.4 is 9.64 Å². The molecule has 1 aromatic carbocycles. The van der Waals surface area contributed by atoms with Gasteiger partial charge in [0.05, 0.1) is 25.0 Å². The van der Waals surface area contributed by atoms with Gasteiger partial charge >= 0.3 is 0 Å². The molecular formula is C19H22BrN5O2. The highest BCUT2D eigenvalue weighted by molar-refractivity contribution is 9.10. The van der Waals surface area contributed by atoms with Crippen LogP contribution in [0.2, 0.25) is 0 Å². The van der Waals surface area contributed by atoms with Crippen LogP contribution in [-0.4, -0.2) is 52.2 Å². The maximum absolute atomic E-state index is 5.99. The molecule has 2 aromatic heterocycles. The summed E-state index contributed by atoms with van der Waals surface area (Å²) in [6, 6.07) is 6.10. The molecule has 0 radical (unpaired) electrons. The van der Waals surface area contributed by atoms with Gasteiger partial charge in [-0.1, -0.05) is 15.9 Å². The summed E-state index contributed by atoms with van der Waals surface area (Å²) in [5.41, 5.74) is 2.74. The van der Waals surface area contributed by atoms with E-state index in [-0.39, 0.29) is 6.10 Å². The Morgan fingerprint density at radius 3 is 2.67 bits per heavy atom. The molecule has 4 rings (SSSR count). The second kappa shape index (κ2) is 7.44. The smallest absolute Gasteiger partial charge is 0.230 e. The summed E-state index contributed by atoms with van der Waals surface area (Å²) in [4.78, 5) is 11.5. The standard InChI is InChI=1S/C19H22BrN5O2/c1-12(2)27-18-15-11-25(16-5-4-14(20)10-13(16)3)23-17(15)21-19(22-18)24-6-8-26-9-7-24/h4-5,10-12H,6-9H2,1-3H3. The van der Waals surface area contributed by atoms with Crippen LogP contribution in [-0.2, 0) is 4.74 Å². The van der Waals surface area contributed by atoms with Gasteiger partial charge in [-0.3, -0.25) is 0 Å². The van der Waals surface area contributed by atoms with Crippen molar-refractivity contribution < 1.29 is 9.47 Å². The van der Waals surface area contributed by atoms with Crippen LogP contribution in [0.25, 0.3) is 16.7 Å². The minimum atomic E-state index is 0.0124. The van der Waals surface area contributed by atoms with Crippen LogP contribution in [0, 0.1) is 6.92 Å². The molecule has 3 aromatic rings. The zero-order valence-corrected chi connectivity index (χ0v) is 17.2. The minimum absolute atomic E-state index is 0.0124. The highest BCUT2D eigenvalue weighted by Gasteiger charge is 2.20. The van der Waals surface area contributed by atoms with Crippen molar-refractivity contribution in [3.8, 4) is 11.6 Å². The topological polar surface area (TPSA) is 65.3 Å². The average molecular weight is 432 g/mol. The minimum Gasteiger partial charge on any atom is -0.474 e. The van der Waals surface area contributed by atoms with Crippen molar-refractivity contribution in [1.82, 2.24) is 19.7 Å². The SMILES string of the molecule is Cc1cc(Br)ccc1-n1cc2c(OC(C)C)nc(N3CCOCC3)nc2n1.